The van der Waals surface area contributed by atoms with Gasteiger partial charge < -0.3 is 4.90 Å². The Morgan fingerprint density at radius 2 is 1.93 bits per heavy atom. The molecule has 0 bridgehead atoms. The van der Waals surface area contributed by atoms with Crippen LogP contribution >= 0.6 is 11.3 Å². The van der Waals surface area contributed by atoms with Crippen molar-refractivity contribution < 1.29 is 17.6 Å². The van der Waals surface area contributed by atoms with E-state index in [2.05, 4.69) is 0 Å². The Bertz CT molecular complexity index is 1230. The molecule has 30 heavy (non-hydrogen) atoms. The Balaban J connectivity index is 1.71. The molecule has 0 spiro atoms. The minimum atomic E-state index is -3.80. The maximum absolute atomic E-state index is 14.0. The zero-order valence-corrected chi connectivity index (χ0v) is 18.7. The number of amides is 1. The molecule has 1 aromatic heterocycles. The highest BCUT2D eigenvalue weighted by Crippen LogP contribution is 2.41. The highest BCUT2D eigenvalue weighted by molar-refractivity contribution is 7.89. The average molecular weight is 447 g/mol. The van der Waals surface area contributed by atoms with Crippen molar-refractivity contribution in [3.63, 3.8) is 0 Å². The monoisotopic (exact) mass is 446 g/mol. The number of aryl methyl sites for hydroxylation is 1. The molecule has 1 amide bonds. The lowest BCUT2D eigenvalue weighted by atomic mass is 9.95. The third-order valence-corrected chi connectivity index (χ3v) is 8.61. The van der Waals surface area contributed by atoms with E-state index in [0.717, 1.165) is 21.7 Å². The van der Waals surface area contributed by atoms with E-state index in [1.165, 1.54) is 27.8 Å². The SMILES string of the molecule is Cc1ccc(S(=O)(=O)N2CCC(c3c(C(=O)N(C)C)sc4ccccc34)C2)cc1F. The van der Waals surface area contributed by atoms with Gasteiger partial charge in [-0.05, 0) is 48.1 Å². The molecule has 8 heteroatoms. The molecule has 2 heterocycles. The van der Waals surface area contributed by atoms with Crippen molar-refractivity contribution in [2.24, 2.45) is 0 Å². The van der Waals surface area contributed by atoms with Gasteiger partial charge in [0, 0.05) is 37.8 Å². The second-order valence-corrected chi connectivity index (χ2v) is 10.8. The van der Waals surface area contributed by atoms with Gasteiger partial charge >= 0.3 is 0 Å². The molecule has 1 aliphatic heterocycles. The Labute approximate surface area is 179 Å². The van der Waals surface area contributed by atoms with Crippen molar-refractivity contribution in [2.75, 3.05) is 27.2 Å². The lowest BCUT2D eigenvalue weighted by Gasteiger charge is -2.18. The Morgan fingerprint density at radius 1 is 1.20 bits per heavy atom. The molecule has 1 atom stereocenters. The van der Waals surface area contributed by atoms with Gasteiger partial charge in [-0.15, -0.1) is 11.3 Å². The van der Waals surface area contributed by atoms with Crippen LogP contribution in [0.25, 0.3) is 10.1 Å². The number of sulfonamides is 1. The molecule has 1 unspecified atom stereocenters. The molecule has 1 aliphatic rings. The van der Waals surface area contributed by atoms with E-state index >= 15 is 0 Å². The Kier molecular flexibility index (Phi) is 5.42. The zero-order chi connectivity index (χ0) is 21.6. The van der Waals surface area contributed by atoms with Gasteiger partial charge in [0.05, 0.1) is 9.77 Å². The smallest absolute Gasteiger partial charge is 0.263 e. The molecule has 2 aromatic carbocycles. The van der Waals surface area contributed by atoms with Crippen LogP contribution in [-0.4, -0.2) is 50.7 Å². The summed E-state index contributed by atoms with van der Waals surface area (Å²) in [7, 11) is -0.371. The molecule has 5 nitrogen and oxygen atoms in total. The van der Waals surface area contributed by atoms with Crippen molar-refractivity contribution in [3.8, 4) is 0 Å². The molecule has 0 N–H and O–H groups in total. The quantitative estimate of drug-likeness (QED) is 0.603. The third kappa shape index (κ3) is 3.53. The molecule has 0 aliphatic carbocycles. The minimum absolute atomic E-state index is 0.0361. The standard InChI is InChI=1S/C22H23FN2O3S2/c1-14-8-9-16(12-18(14)23)30(27,28)25-11-10-15(13-25)20-17-6-4-5-7-19(17)29-21(20)22(26)24(2)3/h4-9,12,15H,10-11,13H2,1-3H3. The molecule has 1 saturated heterocycles. The number of halogens is 1. The number of benzene rings is 2. The fourth-order valence-electron chi connectivity index (χ4n) is 3.90. The van der Waals surface area contributed by atoms with Gasteiger partial charge in [-0.25, -0.2) is 12.8 Å². The van der Waals surface area contributed by atoms with Crippen LogP contribution in [0.4, 0.5) is 4.39 Å². The number of carbonyl (C=O) groups excluding carboxylic acids is 1. The predicted molar refractivity (Wildman–Crippen MR) is 117 cm³/mol. The van der Waals surface area contributed by atoms with Gasteiger partial charge in [-0.2, -0.15) is 4.31 Å². The first-order valence-corrected chi connectivity index (χ1v) is 11.9. The lowest BCUT2D eigenvalue weighted by Crippen LogP contribution is -2.29. The van der Waals surface area contributed by atoms with Crippen LogP contribution in [0.15, 0.2) is 47.4 Å². The van der Waals surface area contributed by atoms with Gasteiger partial charge in [-0.1, -0.05) is 24.3 Å². The van der Waals surface area contributed by atoms with Crippen LogP contribution in [0.5, 0.6) is 0 Å². The van der Waals surface area contributed by atoms with Gasteiger partial charge in [0.25, 0.3) is 5.91 Å². The number of fused-ring (bicyclic) bond motifs is 1. The first-order chi connectivity index (χ1) is 14.2. The predicted octanol–water partition coefficient (Wildman–Crippen LogP) is 4.23. The summed E-state index contributed by atoms with van der Waals surface area (Å²) >= 11 is 1.45. The second-order valence-electron chi connectivity index (χ2n) is 7.80. The summed E-state index contributed by atoms with van der Waals surface area (Å²) in [5, 5.41) is 0.998. The largest absolute Gasteiger partial charge is 0.344 e. The van der Waals surface area contributed by atoms with Crippen molar-refractivity contribution >= 4 is 37.4 Å². The Hall–Kier alpha value is -2.29. The summed E-state index contributed by atoms with van der Waals surface area (Å²) < 4.78 is 42.6. The second kappa shape index (κ2) is 7.76. The molecular weight excluding hydrogens is 423 g/mol. The van der Waals surface area contributed by atoms with E-state index in [4.69, 9.17) is 0 Å². The third-order valence-electron chi connectivity index (χ3n) is 5.57. The van der Waals surface area contributed by atoms with Crippen molar-refractivity contribution in [1.29, 1.82) is 0 Å². The number of rotatable bonds is 4. The summed E-state index contributed by atoms with van der Waals surface area (Å²) in [5.41, 5.74) is 1.33. The molecule has 158 valence electrons. The first-order valence-electron chi connectivity index (χ1n) is 9.69. The van der Waals surface area contributed by atoms with Crippen molar-refractivity contribution in [1.82, 2.24) is 9.21 Å². The van der Waals surface area contributed by atoms with Crippen molar-refractivity contribution in [3.05, 3.63) is 64.3 Å². The van der Waals surface area contributed by atoms with E-state index in [1.54, 1.807) is 25.9 Å². The van der Waals surface area contributed by atoms with Crippen LogP contribution in [0.1, 0.15) is 33.1 Å². The number of nitrogens with zero attached hydrogens (tertiary/aromatic N) is 2. The highest BCUT2D eigenvalue weighted by atomic mass is 32.2. The van der Waals surface area contributed by atoms with Gasteiger partial charge in [0.1, 0.15) is 5.82 Å². The van der Waals surface area contributed by atoms with Gasteiger partial charge in [0.15, 0.2) is 0 Å². The van der Waals surface area contributed by atoms with Crippen molar-refractivity contribution in [2.45, 2.75) is 24.2 Å². The van der Waals surface area contributed by atoms with E-state index in [9.17, 15) is 17.6 Å². The zero-order valence-electron chi connectivity index (χ0n) is 17.1. The molecular formula is C22H23FN2O3S2. The molecule has 0 radical (unpaired) electrons. The van der Waals surface area contributed by atoms with Gasteiger partial charge in [-0.3, -0.25) is 4.79 Å². The number of hydrogen-bond acceptors (Lipinski definition) is 4. The van der Waals surface area contributed by atoms with Crippen LogP contribution in [-0.2, 0) is 10.0 Å². The molecule has 3 aromatic rings. The first kappa shape index (κ1) is 21.0. The minimum Gasteiger partial charge on any atom is -0.344 e. The normalized spacial score (nSPS) is 17.5. The number of carbonyl (C=O) groups is 1. The van der Waals surface area contributed by atoms with Crippen LogP contribution in [0.3, 0.4) is 0 Å². The average Bonchev–Trinajstić information content (AvgIpc) is 3.34. The lowest BCUT2D eigenvalue weighted by molar-refractivity contribution is 0.0831. The maximum Gasteiger partial charge on any atom is 0.263 e. The fraction of sp³-hybridized carbons (Fsp3) is 0.318. The molecule has 4 rings (SSSR count). The summed E-state index contributed by atoms with van der Waals surface area (Å²) in [5.74, 6) is -0.701. The molecule has 1 fully saturated rings. The fourth-order valence-corrected chi connectivity index (χ4v) is 6.72. The van der Waals surface area contributed by atoms with Crippen LogP contribution < -0.4 is 0 Å². The topological polar surface area (TPSA) is 57.7 Å². The van der Waals surface area contributed by atoms with E-state index in [1.807, 2.05) is 24.3 Å². The summed E-state index contributed by atoms with van der Waals surface area (Å²) in [6.45, 7) is 2.21. The van der Waals surface area contributed by atoms with Gasteiger partial charge in [0.2, 0.25) is 10.0 Å². The number of thiophene rings is 1. The number of hydrogen-bond donors (Lipinski definition) is 0. The van der Waals surface area contributed by atoms with E-state index < -0.39 is 15.8 Å². The maximum atomic E-state index is 14.0. The molecule has 0 saturated carbocycles. The van der Waals surface area contributed by atoms with E-state index in [-0.39, 0.29) is 23.3 Å². The van der Waals surface area contributed by atoms with Crippen LogP contribution in [0.2, 0.25) is 0 Å². The summed E-state index contributed by atoms with van der Waals surface area (Å²) in [6, 6.07) is 11.8. The van der Waals surface area contributed by atoms with E-state index in [0.29, 0.717) is 23.4 Å². The summed E-state index contributed by atoms with van der Waals surface area (Å²) in [4.78, 5) is 15.0. The van der Waals surface area contributed by atoms with Crippen LogP contribution in [0, 0.1) is 12.7 Å². The Morgan fingerprint density at radius 3 is 2.63 bits per heavy atom. The highest BCUT2D eigenvalue weighted by Gasteiger charge is 2.36. The summed E-state index contributed by atoms with van der Waals surface area (Å²) in [6.07, 6.45) is 0.613.